The van der Waals surface area contributed by atoms with Gasteiger partial charge in [-0.05, 0) is 12.0 Å². The second-order valence-corrected chi connectivity index (χ2v) is 2.24. The number of rotatable bonds is 1. The van der Waals surface area contributed by atoms with Crippen LogP contribution in [0.4, 0.5) is 0 Å². The first-order valence-corrected chi connectivity index (χ1v) is 3.08. The molecule has 0 unspecified atom stereocenters. The van der Waals surface area contributed by atoms with Crippen LogP contribution in [0.2, 0.25) is 0 Å². The number of hydrogen-bond acceptors (Lipinski definition) is 2. The van der Waals surface area contributed by atoms with Crippen molar-refractivity contribution in [1.29, 1.82) is 0 Å². The van der Waals surface area contributed by atoms with Crippen molar-refractivity contribution in [3.8, 4) is 0 Å². The molecule has 9 heavy (non-hydrogen) atoms. The molecule has 0 N–H and O–H groups in total. The summed E-state index contributed by atoms with van der Waals surface area (Å²) in [6.07, 6.45) is 3.84. The maximum atomic E-state index is 4.97. The molecule has 0 saturated heterocycles. The second-order valence-electron chi connectivity index (χ2n) is 2.24. The Morgan fingerprint density at radius 1 is 1.78 bits per heavy atom. The fraction of sp³-hybridized carbons (Fsp3) is 0.571. The Labute approximate surface area is 55.2 Å². The number of aliphatic imine (C=N–C) groups is 1. The standard InChI is InChI=1S/C7H11NO/c1-6-3-7(9-2)5-8-4-6/h3,5-6H,4H2,1-2H3/t6-/m0/s1. The van der Waals surface area contributed by atoms with Gasteiger partial charge in [-0.1, -0.05) is 6.92 Å². The highest BCUT2D eigenvalue weighted by molar-refractivity contribution is 5.76. The molecule has 1 aliphatic heterocycles. The molecule has 0 aromatic carbocycles. The largest absolute Gasteiger partial charge is 0.495 e. The lowest BCUT2D eigenvalue weighted by atomic mass is 10.1. The van der Waals surface area contributed by atoms with E-state index in [1.807, 2.05) is 0 Å². The smallest absolute Gasteiger partial charge is 0.133 e. The van der Waals surface area contributed by atoms with E-state index in [2.05, 4.69) is 18.0 Å². The van der Waals surface area contributed by atoms with E-state index in [0.29, 0.717) is 5.92 Å². The second kappa shape index (κ2) is 2.67. The molecule has 0 aliphatic carbocycles. The SMILES string of the molecule is COC1=C[C@H](C)CN=C1. The van der Waals surface area contributed by atoms with Gasteiger partial charge in [-0.3, -0.25) is 4.99 Å². The zero-order valence-electron chi connectivity index (χ0n) is 5.79. The maximum absolute atomic E-state index is 4.97. The van der Waals surface area contributed by atoms with Crippen LogP contribution in [0.1, 0.15) is 6.92 Å². The topological polar surface area (TPSA) is 21.6 Å². The molecule has 0 spiro atoms. The Hall–Kier alpha value is -0.790. The minimum absolute atomic E-state index is 0.532. The van der Waals surface area contributed by atoms with Crippen LogP contribution in [0.5, 0.6) is 0 Å². The molecule has 0 saturated carbocycles. The summed E-state index contributed by atoms with van der Waals surface area (Å²) in [4.78, 5) is 4.09. The molecule has 0 aromatic rings. The van der Waals surface area contributed by atoms with Crippen LogP contribution in [0.3, 0.4) is 0 Å². The first-order chi connectivity index (χ1) is 4.33. The quantitative estimate of drug-likeness (QED) is 0.516. The van der Waals surface area contributed by atoms with E-state index in [4.69, 9.17) is 4.74 Å². The van der Waals surface area contributed by atoms with E-state index in [1.54, 1.807) is 13.3 Å². The van der Waals surface area contributed by atoms with Crippen molar-refractivity contribution in [2.45, 2.75) is 6.92 Å². The summed E-state index contributed by atoms with van der Waals surface area (Å²) in [5.74, 6) is 1.42. The Kier molecular flexibility index (Phi) is 1.88. The fourth-order valence-electron chi connectivity index (χ4n) is 0.806. The van der Waals surface area contributed by atoms with E-state index in [-0.39, 0.29) is 0 Å². The van der Waals surface area contributed by atoms with E-state index in [1.165, 1.54) is 0 Å². The van der Waals surface area contributed by atoms with Crippen molar-refractivity contribution >= 4 is 6.21 Å². The van der Waals surface area contributed by atoms with Crippen LogP contribution in [-0.2, 0) is 4.74 Å². The van der Waals surface area contributed by atoms with Gasteiger partial charge in [0.1, 0.15) is 5.76 Å². The molecular formula is C7H11NO. The predicted octanol–water partition coefficient (Wildman–Crippen LogP) is 1.24. The van der Waals surface area contributed by atoms with Gasteiger partial charge in [-0.2, -0.15) is 0 Å². The monoisotopic (exact) mass is 125 g/mol. The molecule has 2 heteroatoms. The van der Waals surface area contributed by atoms with Crippen LogP contribution >= 0.6 is 0 Å². The molecule has 1 aliphatic rings. The van der Waals surface area contributed by atoms with Gasteiger partial charge in [-0.25, -0.2) is 0 Å². The van der Waals surface area contributed by atoms with Gasteiger partial charge < -0.3 is 4.74 Å². The number of methoxy groups -OCH3 is 1. The summed E-state index contributed by atoms with van der Waals surface area (Å²) < 4.78 is 4.97. The van der Waals surface area contributed by atoms with Gasteiger partial charge in [0.15, 0.2) is 0 Å². The van der Waals surface area contributed by atoms with E-state index < -0.39 is 0 Å². The van der Waals surface area contributed by atoms with Crippen molar-refractivity contribution in [1.82, 2.24) is 0 Å². The first kappa shape index (κ1) is 6.33. The highest BCUT2D eigenvalue weighted by Crippen LogP contribution is 2.07. The minimum atomic E-state index is 0.532. The van der Waals surface area contributed by atoms with Crippen molar-refractivity contribution in [3.05, 3.63) is 11.8 Å². The van der Waals surface area contributed by atoms with E-state index in [0.717, 1.165) is 12.3 Å². The third-order valence-electron chi connectivity index (χ3n) is 1.30. The Morgan fingerprint density at radius 2 is 2.56 bits per heavy atom. The lowest BCUT2D eigenvalue weighted by Crippen LogP contribution is -2.04. The molecular weight excluding hydrogens is 114 g/mol. The number of allylic oxidation sites excluding steroid dienone is 1. The lowest BCUT2D eigenvalue weighted by molar-refractivity contribution is 0.311. The van der Waals surface area contributed by atoms with Gasteiger partial charge in [0.05, 0.1) is 13.3 Å². The average molecular weight is 125 g/mol. The Bertz CT molecular complexity index is 149. The summed E-state index contributed by atoms with van der Waals surface area (Å²) >= 11 is 0. The Morgan fingerprint density at radius 3 is 3.00 bits per heavy atom. The van der Waals surface area contributed by atoms with Gasteiger partial charge in [0.25, 0.3) is 0 Å². The molecule has 2 nitrogen and oxygen atoms in total. The maximum Gasteiger partial charge on any atom is 0.133 e. The average Bonchev–Trinajstić information content (AvgIpc) is 1.88. The zero-order chi connectivity index (χ0) is 6.69. The van der Waals surface area contributed by atoms with Crippen LogP contribution in [0.25, 0.3) is 0 Å². The van der Waals surface area contributed by atoms with Crippen molar-refractivity contribution in [2.75, 3.05) is 13.7 Å². The minimum Gasteiger partial charge on any atom is -0.495 e. The van der Waals surface area contributed by atoms with Crippen LogP contribution in [-0.4, -0.2) is 19.9 Å². The van der Waals surface area contributed by atoms with Gasteiger partial charge in [0, 0.05) is 6.54 Å². The van der Waals surface area contributed by atoms with E-state index >= 15 is 0 Å². The third-order valence-corrected chi connectivity index (χ3v) is 1.30. The number of nitrogens with zero attached hydrogens (tertiary/aromatic N) is 1. The molecule has 1 heterocycles. The van der Waals surface area contributed by atoms with Gasteiger partial charge in [-0.15, -0.1) is 0 Å². The molecule has 0 radical (unpaired) electrons. The molecule has 0 aromatic heterocycles. The molecule has 0 fully saturated rings. The summed E-state index contributed by atoms with van der Waals surface area (Å²) in [5.41, 5.74) is 0. The van der Waals surface area contributed by atoms with Crippen molar-refractivity contribution < 1.29 is 4.74 Å². The molecule has 0 amide bonds. The first-order valence-electron chi connectivity index (χ1n) is 3.08. The summed E-state index contributed by atoms with van der Waals surface area (Å²) in [5, 5.41) is 0. The van der Waals surface area contributed by atoms with Crippen LogP contribution < -0.4 is 0 Å². The highest BCUT2D eigenvalue weighted by Gasteiger charge is 2.03. The number of hydrogen-bond donors (Lipinski definition) is 0. The molecule has 0 bridgehead atoms. The third kappa shape index (κ3) is 1.56. The summed E-state index contributed by atoms with van der Waals surface area (Å²) in [6, 6.07) is 0. The summed E-state index contributed by atoms with van der Waals surface area (Å²) in [7, 11) is 1.66. The molecule has 1 atom stereocenters. The fourth-order valence-corrected chi connectivity index (χ4v) is 0.806. The number of dihydropyridines is 1. The zero-order valence-corrected chi connectivity index (χ0v) is 5.79. The molecule has 50 valence electrons. The number of ether oxygens (including phenoxy) is 1. The normalized spacial score (nSPS) is 25.6. The van der Waals surface area contributed by atoms with Gasteiger partial charge in [0.2, 0.25) is 0 Å². The Balaban J connectivity index is 2.59. The van der Waals surface area contributed by atoms with Crippen molar-refractivity contribution in [3.63, 3.8) is 0 Å². The molecule has 1 rings (SSSR count). The summed E-state index contributed by atoms with van der Waals surface area (Å²) in [6.45, 7) is 3.02. The van der Waals surface area contributed by atoms with Crippen molar-refractivity contribution in [2.24, 2.45) is 10.9 Å². The predicted molar refractivity (Wildman–Crippen MR) is 37.6 cm³/mol. The highest BCUT2D eigenvalue weighted by atomic mass is 16.5. The lowest BCUT2D eigenvalue weighted by Gasteiger charge is -2.09. The van der Waals surface area contributed by atoms with Gasteiger partial charge >= 0.3 is 0 Å². The van der Waals surface area contributed by atoms with Crippen LogP contribution in [0.15, 0.2) is 16.8 Å². The van der Waals surface area contributed by atoms with Crippen LogP contribution in [0, 0.1) is 5.92 Å². The van der Waals surface area contributed by atoms with E-state index in [9.17, 15) is 0 Å².